The smallest absolute Gasteiger partial charge is 0.335 e. The number of hydrogen-bond acceptors (Lipinski definition) is 6. The summed E-state index contributed by atoms with van der Waals surface area (Å²) in [6.45, 7) is 0.555. The van der Waals surface area contributed by atoms with Crippen LogP contribution in [0.2, 0.25) is 5.02 Å². The van der Waals surface area contributed by atoms with Crippen LogP contribution >= 0.6 is 11.6 Å². The van der Waals surface area contributed by atoms with E-state index < -0.39 is 9.84 Å². The van der Waals surface area contributed by atoms with E-state index in [-0.39, 0.29) is 11.1 Å². The molecule has 1 amide bonds. The van der Waals surface area contributed by atoms with E-state index >= 15 is 0 Å². The summed E-state index contributed by atoms with van der Waals surface area (Å²) < 4.78 is 27.5. The van der Waals surface area contributed by atoms with Gasteiger partial charge in [0, 0.05) is 29.8 Å². The molecule has 24 heavy (non-hydrogen) atoms. The Morgan fingerprint density at radius 3 is 2.50 bits per heavy atom. The number of rotatable bonds is 8. The summed E-state index contributed by atoms with van der Waals surface area (Å²) >= 11 is 5.77. The number of nitrogens with zero attached hydrogens (tertiary/aromatic N) is 2. The Balaban J connectivity index is 1.64. The minimum atomic E-state index is -3.46. The van der Waals surface area contributed by atoms with Crippen LogP contribution in [0.3, 0.4) is 0 Å². The fourth-order valence-corrected chi connectivity index (χ4v) is 2.54. The lowest BCUT2D eigenvalue weighted by atomic mass is 10.2. The molecule has 0 radical (unpaired) electrons. The number of aryl methyl sites for hydroxylation is 1. The maximum Gasteiger partial charge on any atom is 0.335 e. The van der Waals surface area contributed by atoms with Gasteiger partial charge in [0.05, 0.1) is 0 Å². The summed E-state index contributed by atoms with van der Waals surface area (Å²) in [6, 6.07) is 6.69. The van der Waals surface area contributed by atoms with Crippen molar-refractivity contribution in [3.63, 3.8) is 0 Å². The summed E-state index contributed by atoms with van der Waals surface area (Å²) in [6.07, 6.45) is 3.94. The summed E-state index contributed by atoms with van der Waals surface area (Å²) in [5.41, 5.74) is 0.568. The molecule has 0 aliphatic rings. The van der Waals surface area contributed by atoms with Gasteiger partial charge in [0.2, 0.25) is 15.7 Å². The molecule has 0 saturated heterocycles. The normalized spacial score (nSPS) is 11.4. The van der Waals surface area contributed by atoms with E-state index in [0.29, 0.717) is 29.4 Å². The zero-order valence-corrected chi connectivity index (χ0v) is 14.7. The minimum absolute atomic E-state index is 0.138. The highest BCUT2D eigenvalue weighted by Crippen LogP contribution is 2.11. The Labute approximate surface area is 145 Å². The summed E-state index contributed by atoms with van der Waals surface area (Å²) in [5, 5.41) is 10.3. The summed E-state index contributed by atoms with van der Waals surface area (Å²) in [5.74, 6) is 0.169. The highest BCUT2D eigenvalue weighted by Gasteiger charge is 2.16. The largest absolute Gasteiger partial charge is 0.413 e. The van der Waals surface area contributed by atoms with Gasteiger partial charge in [-0.25, -0.2) is 8.42 Å². The third kappa shape index (κ3) is 5.61. The molecule has 1 aromatic carbocycles. The molecule has 0 spiro atoms. The molecule has 0 unspecified atom stereocenters. The molecule has 1 heterocycles. The van der Waals surface area contributed by atoms with E-state index in [1.54, 1.807) is 24.3 Å². The third-order valence-corrected chi connectivity index (χ3v) is 4.28. The lowest BCUT2D eigenvalue weighted by Crippen LogP contribution is -2.24. The molecule has 0 fully saturated rings. The Morgan fingerprint density at radius 2 is 1.88 bits per heavy atom. The molecule has 2 rings (SSSR count). The van der Waals surface area contributed by atoms with Crippen LogP contribution in [-0.2, 0) is 16.3 Å². The van der Waals surface area contributed by atoms with Crippen LogP contribution in [0.1, 0.15) is 35.5 Å². The molecule has 2 aromatic rings. The molecular weight excluding hydrogens is 354 g/mol. The standard InChI is InChI=1S/C15H18ClN3O4S/c1-24(21,22)15-19-18-13(23-15)5-3-2-4-10-17-14(20)11-6-8-12(16)9-7-11/h6-9H,2-5,10H2,1H3,(H,17,20). The van der Waals surface area contributed by atoms with Crippen molar-refractivity contribution < 1.29 is 17.6 Å². The first kappa shape index (κ1) is 18.4. The average molecular weight is 372 g/mol. The monoisotopic (exact) mass is 371 g/mol. The number of unbranched alkanes of at least 4 members (excludes halogenated alkanes) is 2. The van der Waals surface area contributed by atoms with Crippen LogP contribution < -0.4 is 5.32 Å². The second-order valence-electron chi connectivity index (χ2n) is 5.31. The van der Waals surface area contributed by atoms with E-state index in [0.717, 1.165) is 25.5 Å². The second-order valence-corrected chi connectivity index (χ2v) is 7.64. The first-order valence-corrected chi connectivity index (χ1v) is 9.69. The quantitative estimate of drug-likeness (QED) is 0.714. The minimum Gasteiger partial charge on any atom is -0.413 e. The molecule has 1 aromatic heterocycles. The van der Waals surface area contributed by atoms with Crippen LogP contribution in [0.4, 0.5) is 0 Å². The maximum absolute atomic E-state index is 11.9. The number of hydrogen-bond donors (Lipinski definition) is 1. The van der Waals surface area contributed by atoms with Gasteiger partial charge in [0.25, 0.3) is 5.91 Å². The summed E-state index contributed by atoms with van der Waals surface area (Å²) in [7, 11) is -3.46. The van der Waals surface area contributed by atoms with E-state index in [9.17, 15) is 13.2 Å². The predicted molar refractivity (Wildman–Crippen MR) is 88.7 cm³/mol. The topological polar surface area (TPSA) is 102 Å². The predicted octanol–water partition coefficient (Wildman–Crippen LogP) is 2.27. The van der Waals surface area contributed by atoms with Crippen LogP contribution in [0, 0.1) is 0 Å². The maximum atomic E-state index is 11.9. The molecule has 0 aliphatic carbocycles. The SMILES string of the molecule is CS(=O)(=O)c1nnc(CCCCCNC(=O)c2ccc(Cl)cc2)o1. The lowest BCUT2D eigenvalue weighted by Gasteiger charge is -2.05. The number of sulfone groups is 1. The van der Waals surface area contributed by atoms with Crippen molar-refractivity contribution in [2.24, 2.45) is 0 Å². The fraction of sp³-hybridized carbons (Fsp3) is 0.400. The second kappa shape index (κ2) is 8.25. The number of carbonyl (C=O) groups excluding carboxylic acids is 1. The Morgan fingerprint density at radius 1 is 1.17 bits per heavy atom. The Bertz CT molecular complexity index is 787. The van der Waals surface area contributed by atoms with Crippen LogP contribution in [-0.4, -0.2) is 37.3 Å². The highest BCUT2D eigenvalue weighted by molar-refractivity contribution is 7.90. The molecular formula is C15H18ClN3O4S. The van der Waals surface area contributed by atoms with E-state index in [4.69, 9.17) is 16.0 Å². The molecule has 0 saturated carbocycles. The summed E-state index contributed by atoms with van der Waals surface area (Å²) in [4.78, 5) is 11.9. The first-order valence-electron chi connectivity index (χ1n) is 7.42. The number of halogens is 1. The van der Waals surface area contributed by atoms with E-state index in [1.807, 2.05) is 0 Å². The van der Waals surface area contributed by atoms with Crippen molar-refractivity contribution in [2.45, 2.75) is 30.9 Å². The highest BCUT2D eigenvalue weighted by atomic mass is 35.5. The van der Waals surface area contributed by atoms with Gasteiger partial charge in [0.15, 0.2) is 0 Å². The molecule has 130 valence electrons. The van der Waals surface area contributed by atoms with Crippen molar-refractivity contribution >= 4 is 27.3 Å². The Kier molecular flexibility index (Phi) is 6.33. The van der Waals surface area contributed by atoms with Crippen LogP contribution in [0.5, 0.6) is 0 Å². The van der Waals surface area contributed by atoms with Gasteiger partial charge in [-0.15, -0.1) is 5.10 Å². The zero-order valence-electron chi connectivity index (χ0n) is 13.2. The molecule has 7 nitrogen and oxygen atoms in total. The van der Waals surface area contributed by atoms with Crippen molar-refractivity contribution in [2.75, 3.05) is 12.8 Å². The molecule has 0 aliphatic heterocycles. The molecule has 0 bridgehead atoms. The van der Waals surface area contributed by atoms with Crippen molar-refractivity contribution in [1.82, 2.24) is 15.5 Å². The average Bonchev–Trinajstić information content (AvgIpc) is 3.00. The van der Waals surface area contributed by atoms with Crippen molar-refractivity contribution in [3.05, 3.63) is 40.7 Å². The zero-order chi connectivity index (χ0) is 17.6. The first-order chi connectivity index (χ1) is 11.4. The van der Waals surface area contributed by atoms with Gasteiger partial charge in [-0.05, 0) is 37.1 Å². The lowest BCUT2D eigenvalue weighted by molar-refractivity contribution is 0.0953. The van der Waals surface area contributed by atoms with Crippen molar-refractivity contribution in [3.8, 4) is 0 Å². The van der Waals surface area contributed by atoms with Gasteiger partial charge < -0.3 is 9.73 Å². The third-order valence-electron chi connectivity index (χ3n) is 3.22. The molecule has 0 atom stereocenters. The van der Waals surface area contributed by atoms with Gasteiger partial charge in [-0.1, -0.05) is 23.1 Å². The van der Waals surface area contributed by atoms with Crippen LogP contribution in [0.25, 0.3) is 0 Å². The van der Waals surface area contributed by atoms with Gasteiger partial charge in [-0.3, -0.25) is 4.79 Å². The number of amides is 1. The van der Waals surface area contributed by atoms with Gasteiger partial charge >= 0.3 is 5.22 Å². The number of aromatic nitrogens is 2. The van der Waals surface area contributed by atoms with Crippen molar-refractivity contribution in [1.29, 1.82) is 0 Å². The van der Waals surface area contributed by atoms with Gasteiger partial charge in [-0.2, -0.15) is 0 Å². The van der Waals surface area contributed by atoms with Crippen LogP contribution in [0.15, 0.2) is 33.9 Å². The number of nitrogens with one attached hydrogen (secondary N) is 1. The molecule has 9 heteroatoms. The number of carbonyl (C=O) groups is 1. The van der Waals surface area contributed by atoms with Gasteiger partial charge in [0.1, 0.15) is 0 Å². The van der Waals surface area contributed by atoms with E-state index in [1.165, 1.54) is 0 Å². The molecule has 1 N–H and O–H groups in total. The fourth-order valence-electron chi connectivity index (χ4n) is 1.97. The number of benzene rings is 1. The van der Waals surface area contributed by atoms with E-state index in [2.05, 4.69) is 15.5 Å². The Hall–Kier alpha value is -1.93.